The van der Waals surface area contributed by atoms with Gasteiger partial charge in [-0.25, -0.2) is 8.42 Å². The van der Waals surface area contributed by atoms with E-state index in [1.807, 2.05) is 0 Å². The quantitative estimate of drug-likeness (QED) is 0.516. The first kappa shape index (κ1) is 23.6. The van der Waals surface area contributed by atoms with Crippen LogP contribution in [0.5, 0.6) is 5.75 Å². The molecule has 0 atom stereocenters. The third-order valence-corrected chi connectivity index (χ3v) is 6.50. The van der Waals surface area contributed by atoms with Crippen molar-refractivity contribution >= 4 is 27.6 Å². The van der Waals surface area contributed by atoms with Gasteiger partial charge in [-0.15, -0.1) is 0 Å². The van der Waals surface area contributed by atoms with Crippen molar-refractivity contribution in [3.63, 3.8) is 0 Å². The number of amides is 1. The Morgan fingerprint density at radius 1 is 1.09 bits per heavy atom. The second-order valence-electron chi connectivity index (χ2n) is 7.58. The molecule has 1 N–H and O–H groups in total. The normalized spacial score (nSPS) is 13.3. The van der Waals surface area contributed by atoms with Gasteiger partial charge in [0.15, 0.2) is 0 Å². The first-order chi connectivity index (χ1) is 15.3. The number of ether oxygens (including phenoxy) is 2. The van der Waals surface area contributed by atoms with Crippen LogP contribution in [0, 0.1) is 5.92 Å². The Hall–Kier alpha value is -3.07. The van der Waals surface area contributed by atoms with Crippen molar-refractivity contribution in [1.29, 1.82) is 0 Å². The molecule has 1 amide bonds. The Bertz CT molecular complexity index is 1050. The number of nitrogens with one attached hydrogen (secondary N) is 1. The number of carbonyl (C=O) groups is 2. The van der Waals surface area contributed by atoms with Gasteiger partial charge in [-0.3, -0.25) is 14.3 Å². The summed E-state index contributed by atoms with van der Waals surface area (Å²) in [6.45, 7) is 2.88. The van der Waals surface area contributed by atoms with Crippen LogP contribution in [0.3, 0.4) is 0 Å². The average molecular weight is 461 g/mol. The third-order valence-electron chi connectivity index (χ3n) is 5.12. The van der Waals surface area contributed by atoms with Crippen molar-refractivity contribution in [3.8, 4) is 5.75 Å². The van der Waals surface area contributed by atoms with E-state index < -0.39 is 10.0 Å². The molecule has 0 radical (unpaired) electrons. The molecule has 0 bridgehead atoms. The summed E-state index contributed by atoms with van der Waals surface area (Å²) in [5, 5.41) is 0. The van der Waals surface area contributed by atoms with E-state index >= 15 is 0 Å². The van der Waals surface area contributed by atoms with E-state index in [4.69, 9.17) is 9.47 Å². The summed E-state index contributed by atoms with van der Waals surface area (Å²) in [6.07, 6.45) is 2.26. The Morgan fingerprint density at radius 2 is 1.78 bits per heavy atom. The Labute approximate surface area is 188 Å². The number of hydrogen-bond donors (Lipinski definition) is 1. The molecular weight excluding hydrogens is 432 g/mol. The molecule has 172 valence electrons. The number of rotatable bonds is 11. The maximum Gasteiger partial charge on any atom is 0.307 e. The largest absolute Gasteiger partial charge is 0.495 e. The van der Waals surface area contributed by atoms with Gasteiger partial charge in [0, 0.05) is 18.7 Å². The van der Waals surface area contributed by atoms with Gasteiger partial charge >= 0.3 is 5.97 Å². The summed E-state index contributed by atoms with van der Waals surface area (Å²) in [5.74, 6) is 0.277. The number of sulfonamides is 1. The van der Waals surface area contributed by atoms with Crippen LogP contribution < -0.4 is 9.46 Å². The number of anilines is 1. The molecule has 0 aliphatic heterocycles. The third kappa shape index (κ3) is 6.23. The molecule has 0 spiro atoms. The fourth-order valence-corrected chi connectivity index (χ4v) is 4.31. The van der Waals surface area contributed by atoms with Crippen LogP contribution in [0.2, 0.25) is 0 Å². The fraction of sp³-hybridized carbons (Fsp3) is 0.391. The van der Waals surface area contributed by atoms with Crippen molar-refractivity contribution in [1.82, 2.24) is 4.90 Å². The minimum Gasteiger partial charge on any atom is -0.495 e. The summed E-state index contributed by atoms with van der Waals surface area (Å²) in [7, 11) is -2.40. The van der Waals surface area contributed by atoms with Crippen LogP contribution in [0.1, 0.15) is 36.5 Å². The minimum absolute atomic E-state index is 0.0280. The van der Waals surface area contributed by atoms with Crippen LogP contribution in [0.4, 0.5) is 5.69 Å². The second kappa shape index (κ2) is 10.5. The Kier molecular flexibility index (Phi) is 7.74. The van der Waals surface area contributed by atoms with E-state index in [1.54, 1.807) is 36.1 Å². The van der Waals surface area contributed by atoms with Crippen molar-refractivity contribution in [2.24, 2.45) is 5.92 Å². The number of hydrogen-bond acceptors (Lipinski definition) is 6. The number of carbonyl (C=O) groups excluding carboxylic acids is 2. The zero-order chi connectivity index (χ0) is 23.1. The number of esters is 1. The summed E-state index contributed by atoms with van der Waals surface area (Å²) >= 11 is 0. The zero-order valence-corrected chi connectivity index (χ0v) is 19.1. The summed E-state index contributed by atoms with van der Waals surface area (Å²) < 4.78 is 38.2. The monoisotopic (exact) mass is 460 g/mol. The van der Waals surface area contributed by atoms with E-state index in [9.17, 15) is 18.0 Å². The molecule has 3 rings (SSSR count). The highest BCUT2D eigenvalue weighted by Crippen LogP contribution is 2.30. The molecule has 2 aromatic rings. The SMILES string of the molecule is CCOC(=O)CCN(CC1CC1)C(=O)c1ccc(S(=O)(=O)Nc2ccccc2OC)cc1. The van der Waals surface area contributed by atoms with E-state index in [0.717, 1.165) is 12.8 Å². The van der Waals surface area contributed by atoms with E-state index in [-0.39, 0.29) is 29.7 Å². The van der Waals surface area contributed by atoms with Gasteiger partial charge in [-0.05, 0) is 62.1 Å². The molecule has 2 aromatic carbocycles. The van der Waals surface area contributed by atoms with Gasteiger partial charge in [-0.1, -0.05) is 12.1 Å². The van der Waals surface area contributed by atoms with Crippen LogP contribution in [-0.2, 0) is 19.6 Å². The van der Waals surface area contributed by atoms with Crippen LogP contribution >= 0.6 is 0 Å². The van der Waals surface area contributed by atoms with Gasteiger partial charge in [0.05, 0.1) is 30.7 Å². The molecule has 0 aromatic heterocycles. The Morgan fingerprint density at radius 3 is 2.41 bits per heavy atom. The topological polar surface area (TPSA) is 102 Å². The average Bonchev–Trinajstić information content (AvgIpc) is 3.61. The lowest BCUT2D eigenvalue weighted by molar-refractivity contribution is -0.143. The van der Waals surface area contributed by atoms with Gasteiger partial charge in [0.1, 0.15) is 5.75 Å². The summed E-state index contributed by atoms with van der Waals surface area (Å²) in [6, 6.07) is 12.5. The first-order valence-corrected chi connectivity index (χ1v) is 12.0. The first-order valence-electron chi connectivity index (χ1n) is 10.5. The van der Waals surface area contributed by atoms with Crippen LogP contribution in [-0.4, -0.2) is 52.0 Å². The predicted molar refractivity (Wildman–Crippen MR) is 120 cm³/mol. The molecule has 1 aliphatic carbocycles. The molecule has 9 heteroatoms. The van der Waals surface area contributed by atoms with Gasteiger partial charge in [0.2, 0.25) is 0 Å². The maximum absolute atomic E-state index is 13.0. The summed E-state index contributed by atoms with van der Waals surface area (Å²) in [5.41, 5.74) is 0.690. The molecule has 32 heavy (non-hydrogen) atoms. The minimum atomic E-state index is -3.86. The Balaban J connectivity index is 1.72. The van der Waals surface area contributed by atoms with Crippen LogP contribution in [0.25, 0.3) is 0 Å². The standard InChI is InChI=1S/C23H28N2O6S/c1-3-31-22(26)14-15-25(16-17-8-9-17)23(27)18-10-12-19(13-11-18)32(28,29)24-20-6-4-5-7-21(20)30-2/h4-7,10-13,17,24H,3,8-9,14-16H2,1-2H3. The molecule has 8 nitrogen and oxygen atoms in total. The van der Waals surface area contributed by atoms with E-state index in [1.165, 1.54) is 31.4 Å². The molecule has 1 saturated carbocycles. The highest BCUT2D eigenvalue weighted by Gasteiger charge is 2.28. The zero-order valence-electron chi connectivity index (χ0n) is 18.2. The molecule has 0 heterocycles. The predicted octanol–water partition coefficient (Wildman–Crippen LogP) is 3.30. The highest BCUT2D eigenvalue weighted by atomic mass is 32.2. The molecule has 1 fully saturated rings. The van der Waals surface area contributed by atoms with Crippen molar-refractivity contribution in [2.45, 2.75) is 31.1 Å². The lowest BCUT2D eigenvalue weighted by Crippen LogP contribution is -2.35. The van der Waals surface area contributed by atoms with Gasteiger partial charge < -0.3 is 14.4 Å². The molecule has 0 saturated heterocycles. The van der Waals surface area contributed by atoms with Crippen molar-refractivity contribution in [2.75, 3.05) is 31.5 Å². The smallest absolute Gasteiger partial charge is 0.307 e. The number of nitrogens with zero attached hydrogens (tertiary/aromatic N) is 1. The van der Waals surface area contributed by atoms with Crippen molar-refractivity contribution in [3.05, 3.63) is 54.1 Å². The van der Waals surface area contributed by atoms with E-state index in [2.05, 4.69) is 4.72 Å². The van der Waals surface area contributed by atoms with Gasteiger partial charge in [0.25, 0.3) is 15.9 Å². The van der Waals surface area contributed by atoms with Crippen LogP contribution in [0.15, 0.2) is 53.4 Å². The number of benzene rings is 2. The lowest BCUT2D eigenvalue weighted by atomic mass is 10.2. The summed E-state index contributed by atoms with van der Waals surface area (Å²) in [4.78, 5) is 26.4. The molecular formula is C23H28N2O6S. The lowest BCUT2D eigenvalue weighted by Gasteiger charge is -2.22. The van der Waals surface area contributed by atoms with Crippen molar-refractivity contribution < 1.29 is 27.5 Å². The molecule has 1 aliphatic rings. The molecule has 0 unspecified atom stereocenters. The number of para-hydroxylation sites is 2. The van der Waals surface area contributed by atoms with E-state index in [0.29, 0.717) is 36.1 Å². The number of methoxy groups -OCH3 is 1. The maximum atomic E-state index is 13.0. The highest BCUT2D eigenvalue weighted by molar-refractivity contribution is 7.92. The second-order valence-corrected chi connectivity index (χ2v) is 9.26. The fourth-order valence-electron chi connectivity index (χ4n) is 3.24. The van der Waals surface area contributed by atoms with Gasteiger partial charge in [-0.2, -0.15) is 0 Å².